The molecule has 1 aromatic heterocycles. The molecule has 0 fully saturated rings. The van der Waals surface area contributed by atoms with Crippen molar-refractivity contribution in [3.05, 3.63) is 58.1 Å². The van der Waals surface area contributed by atoms with Gasteiger partial charge >= 0.3 is 0 Å². The molecule has 0 aliphatic heterocycles. The van der Waals surface area contributed by atoms with E-state index >= 15 is 0 Å². The van der Waals surface area contributed by atoms with E-state index in [1.165, 1.54) is 12.1 Å². The Morgan fingerprint density at radius 2 is 2.04 bits per heavy atom. The fourth-order valence-electron chi connectivity index (χ4n) is 3.04. The Bertz CT molecular complexity index is 1260. The number of azo groups is 1. The molecule has 1 aliphatic carbocycles. The Balaban J connectivity index is 1.79. The van der Waals surface area contributed by atoms with Gasteiger partial charge in [0, 0.05) is 29.3 Å². The van der Waals surface area contributed by atoms with Crippen molar-refractivity contribution in [1.82, 2.24) is 5.16 Å². The maximum atomic E-state index is 12.4. The van der Waals surface area contributed by atoms with Crippen LogP contribution in [0.25, 0.3) is 21.6 Å². The second kappa shape index (κ2) is 6.21. The molecule has 138 valence electrons. The van der Waals surface area contributed by atoms with E-state index in [9.17, 15) is 15.0 Å². The number of phenolic OH excluding ortho intramolecular Hbond substituents is 1. The number of hydrogen-bond donors (Lipinski definition) is 3. The Morgan fingerprint density at radius 1 is 1.25 bits per heavy atom. The summed E-state index contributed by atoms with van der Waals surface area (Å²) in [6, 6.07) is 6.01. The lowest BCUT2D eigenvalue weighted by Crippen LogP contribution is -2.15. The highest BCUT2D eigenvalue weighted by Crippen LogP contribution is 2.37. The number of fused-ring (bicyclic) bond motifs is 2. The standard InChI is InChI=1S/C19H13N5O4/c1-8-3-12-16(7-13(8)21-2)28-24-19(12)23-22-17-15(26)6-10-11(18(17)27)4-9(20)5-14(10)25/h3-5,7,25,27H,6,20H2,1H3. The smallest absolute Gasteiger partial charge is 0.224 e. The molecule has 4 rings (SSSR count). The lowest BCUT2D eigenvalue weighted by Gasteiger charge is -2.17. The van der Waals surface area contributed by atoms with Gasteiger partial charge in [-0.25, -0.2) is 4.85 Å². The van der Waals surface area contributed by atoms with E-state index in [0.29, 0.717) is 16.7 Å². The van der Waals surface area contributed by atoms with Crippen molar-refractivity contribution in [2.24, 2.45) is 10.2 Å². The molecule has 0 spiro atoms. The number of aromatic hydroxyl groups is 1. The lowest BCUT2D eigenvalue weighted by molar-refractivity contribution is -0.115. The van der Waals surface area contributed by atoms with Crippen molar-refractivity contribution in [2.45, 2.75) is 13.3 Å². The average molecular weight is 375 g/mol. The zero-order chi connectivity index (χ0) is 20.0. The molecule has 0 saturated heterocycles. The van der Waals surface area contributed by atoms with E-state index in [0.717, 1.165) is 5.56 Å². The number of Topliss-reactive ketones (excluding diaryl/α,β-unsaturated/α-hetero) is 1. The predicted molar refractivity (Wildman–Crippen MR) is 100 cm³/mol. The molecule has 3 aromatic rings. The molecular weight excluding hydrogens is 362 g/mol. The Kier molecular flexibility index (Phi) is 3.82. The van der Waals surface area contributed by atoms with Crippen molar-refractivity contribution >= 4 is 39.7 Å². The molecule has 0 radical (unpaired) electrons. The first-order valence-corrected chi connectivity index (χ1v) is 8.16. The number of ketones is 1. The maximum Gasteiger partial charge on any atom is 0.224 e. The quantitative estimate of drug-likeness (QED) is 0.350. The van der Waals surface area contributed by atoms with Crippen molar-refractivity contribution in [1.29, 1.82) is 0 Å². The largest absolute Gasteiger partial charge is 0.508 e. The molecule has 1 aliphatic rings. The van der Waals surface area contributed by atoms with E-state index in [1.807, 2.05) is 0 Å². The number of allylic oxidation sites excluding steroid dienone is 1. The zero-order valence-electron chi connectivity index (χ0n) is 14.6. The van der Waals surface area contributed by atoms with E-state index in [4.69, 9.17) is 16.8 Å². The van der Waals surface area contributed by atoms with Crippen LogP contribution in [0.2, 0.25) is 0 Å². The van der Waals surface area contributed by atoms with Gasteiger partial charge in [0.25, 0.3) is 0 Å². The Morgan fingerprint density at radius 3 is 2.79 bits per heavy atom. The summed E-state index contributed by atoms with van der Waals surface area (Å²) in [6.07, 6.45) is -0.146. The average Bonchev–Trinajstić information content (AvgIpc) is 3.04. The number of anilines is 1. The number of aliphatic hydroxyl groups excluding tert-OH is 1. The Hall–Kier alpha value is -4.19. The molecule has 0 unspecified atom stereocenters. The molecular formula is C19H13N5O4. The van der Waals surface area contributed by atoms with E-state index in [1.54, 1.807) is 19.1 Å². The van der Waals surface area contributed by atoms with Gasteiger partial charge in [-0.15, -0.1) is 10.2 Å². The van der Waals surface area contributed by atoms with Gasteiger partial charge in [0.2, 0.25) is 5.82 Å². The van der Waals surface area contributed by atoms with Gasteiger partial charge in [-0.2, -0.15) is 0 Å². The predicted octanol–water partition coefficient (Wildman–Crippen LogP) is 4.11. The molecule has 28 heavy (non-hydrogen) atoms. The number of aryl methyl sites for hydroxylation is 1. The highest BCUT2D eigenvalue weighted by molar-refractivity contribution is 6.06. The number of phenols is 1. The number of carbonyl (C=O) groups excluding carboxylic acids is 1. The third kappa shape index (κ3) is 2.64. The van der Waals surface area contributed by atoms with Gasteiger partial charge in [0.1, 0.15) is 5.75 Å². The van der Waals surface area contributed by atoms with Crippen molar-refractivity contribution in [3.63, 3.8) is 0 Å². The van der Waals surface area contributed by atoms with Crippen LogP contribution < -0.4 is 5.73 Å². The number of aliphatic hydroxyl groups is 1. The molecule has 0 saturated carbocycles. The Labute approximate surface area is 158 Å². The van der Waals surface area contributed by atoms with Gasteiger partial charge < -0.3 is 20.5 Å². The number of benzene rings is 2. The lowest BCUT2D eigenvalue weighted by atomic mass is 9.92. The van der Waals surface area contributed by atoms with Crippen molar-refractivity contribution < 1.29 is 19.5 Å². The van der Waals surface area contributed by atoms with Crippen molar-refractivity contribution in [3.8, 4) is 5.75 Å². The van der Waals surface area contributed by atoms with Gasteiger partial charge in [-0.1, -0.05) is 11.2 Å². The second-order valence-electron chi connectivity index (χ2n) is 6.32. The summed E-state index contributed by atoms with van der Waals surface area (Å²) in [5.41, 5.74) is 7.71. The van der Waals surface area contributed by atoms with Crippen LogP contribution in [0, 0.1) is 13.5 Å². The summed E-state index contributed by atoms with van der Waals surface area (Å²) >= 11 is 0. The fourth-order valence-corrected chi connectivity index (χ4v) is 3.04. The highest BCUT2D eigenvalue weighted by atomic mass is 16.5. The normalized spacial score (nSPS) is 13.9. The van der Waals surface area contributed by atoms with Crippen LogP contribution in [0.3, 0.4) is 0 Å². The molecule has 0 atom stereocenters. The van der Waals surface area contributed by atoms with Crippen molar-refractivity contribution in [2.75, 3.05) is 5.73 Å². The summed E-state index contributed by atoms with van der Waals surface area (Å²) in [6.45, 7) is 8.91. The molecule has 9 heteroatoms. The minimum absolute atomic E-state index is 0.115. The summed E-state index contributed by atoms with van der Waals surface area (Å²) in [4.78, 5) is 15.8. The molecule has 0 bridgehead atoms. The zero-order valence-corrected chi connectivity index (χ0v) is 14.6. The van der Waals surface area contributed by atoms with Crippen LogP contribution in [0.4, 0.5) is 17.2 Å². The second-order valence-corrected chi connectivity index (χ2v) is 6.32. The number of rotatable bonds is 2. The first kappa shape index (κ1) is 17.2. The number of nitrogen functional groups attached to an aromatic ring is 1. The summed E-state index contributed by atoms with van der Waals surface area (Å²) in [7, 11) is 0. The van der Waals surface area contributed by atoms with E-state index < -0.39 is 11.5 Å². The van der Waals surface area contributed by atoms with Crippen LogP contribution >= 0.6 is 0 Å². The molecule has 2 aromatic carbocycles. The molecule has 1 heterocycles. The van der Waals surface area contributed by atoms with Crippen LogP contribution in [-0.4, -0.2) is 21.2 Å². The minimum atomic E-state index is -0.506. The number of aromatic nitrogens is 1. The first-order valence-electron chi connectivity index (χ1n) is 8.16. The summed E-state index contributed by atoms with van der Waals surface area (Å²) < 4.78 is 5.17. The monoisotopic (exact) mass is 375 g/mol. The molecule has 0 amide bonds. The van der Waals surface area contributed by atoms with Crippen LogP contribution in [0.15, 0.2) is 44.7 Å². The van der Waals surface area contributed by atoms with Gasteiger partial charge in [0.05, 0.1) is 12.0 Å². The summed E-state index contributed by atoms with van der Waals surface area (Å²) in [5, 5.41) is 32.6. The SMILES string of the molecule is [C-]#[N+]c1cc2onc(N=NC3=C(O)c4cc(N)cc(O)c4CC3=O)c2cc1C. The number of carbonyl (C=O) groups is 1. The highest BCUT2D eigenvalue weighted by Gasteiger charge is 2.28. The third-order valence-electron chi connectivity index (χ3n) is 4.46. The van der Waals surface area contributed by atoms with Gasteiger partial charge in [-0.3, -0.25) is 4.79 Å². The molecule has 4 N–H and O–H groups in total. The maximum absolute atomic E-state index is 12.4. The van der Waals surface area contributed by atoms with Crippen LogP contribution in [0.5, 0.6) is 5.75 Å². The van der Waals surface area contributed by atoms with Crippen LogP contribution in [-0.2, 0) is 11.2 Å². The van der Waals surface area contributed by atoms with Gasteiger partial charge in [-0.05, 0) is 24.6 Å². The number of nitrogens with two attached hydrogens (primary N) is 1. The van der Waals surface area contributed by atoms with Gasteiger partial charge in [0.15, 0.2) is 28.5 Å². The third-order valence-corrected chi connectivity index (χ3v) is 4.46. The van der Waals surface area contributed by atoms with E-state index in [2.05, 4.69) is 20.2 Å². The summed E-state index contributed by atoms with van der Waals surface area (Å²) in [5.74, 6) is -0.978. The van der Waals surface area contributed by atoms with Crippen LogP contribution in [0.1, 0.15) is 16.7 Å². The topological polar surface area (TPSA) is 139 Å². The van der Waals surface area contributed by atoms with E-state index in [-0.39, 0.29) is 40.5 Å². The molecule has 9 nitrogen and oxygen atoms in total. The fraction of sp³-hybridized carbons (Fsp3) is 0.105. The number of hydrogen-bond acceptors (Lipinski definition) is 8. The minimum Gasteiger partial charge on any atom is -0.508 e. The first-order chi connectivity index (χ1) is 13.4. The number of nitrogens with zero attached hydrogens (tertiary/aromatic N) is 4.